The Labute approximate surface area is 192 Å². The molecule has 170 valence electrons. The molecule has 0 radical (unpaired) electrons. The van der Waals surface area contributed by atoms with Gasteiger partial charge in [0.2, 0.25) is 5.88 Å². The topological polar surface area (TPSA) is 93.6 Å². The third-order valence-electron chi connectivity index (χ3n) is 4.26. The van der Waals surface area contributed by atoms with Gasteiger partial charge < -0.3 is 14.6 Å². The average Bonchev–Trinajstić information content (AvgIpc) is 3.21. The minimum absolute atomic E-state index is 0.242. The number of amides is 1. The smallest absolute Gasteiger partial charge is 0.413 e. The van der Waals surface area contributed by atoms with Crippen LogP contribution in [0.2, 0.25) is 5.02 Å². The van der Waals surface area contributed by atoms with Gasteiger partial charge in [-0.05, 0) is 30.2 Å². The summed E-state index contributed by atoms with van der Waals surface area (Å²) in [7, 11) is 0. The van der Waals surface area contributed by atoms with Crippen LogP contribution in [0, 0.1) is 0 Å². The van der Waals surface area contributed by atoms with Crippen LogP contribution in [0.25, 0.3) is 11.1 Å². The van der Waals surface area contributed by atoms with Gasteiger partial charge in [0.15, 0.2) is 5.13 Å². The number of alkyl halides is 2. The van der Waals surface area contributed by atoms with E-state index in [1.807, 2.05) is 6.92 Å². The van der Waals surface area contributed by atoms with E-state index in [4.69, 9.17) is 16.3 Å². The molecule has 1 unspecified atom stereocenters. The molecule has 1 atom stereocenters. The average molecular weight is 484 g/mol. The van der Waals surface area contributed by atoms with Gasteiger partial charge in [0.25, 0.3) is 0 Å². The summed E-state index contributed by atoms with van der Waals surface area (Å²) in [6.45, 7) is -0.786. The monoisotopic (exact) mass is 483 g/mol. The molecule has 0 saturated heterocycles. The highest BCUT2D eigenvalue weighted by Gasteiger charge is 2.20. The molecule has 0 aliphatic carbocycles. The predicted octanol–water partition coefficient (Wildman–Crippen LogP) is 5.89. The zero-order chi connectivity index (χ0) is 23.1. The number of nitrogens with one attached hydrogen (secondary N) is 1. The van der Waals surface area contributed by atoms with Crippen LogP contribution in [-0.4, -0.2) is 34.4 Å². The molecule has 0 spiro atoms. The van der Waals surface area contributed by atoms with Crippen LogP contribution in [0.4, 0.5) is 18.7 Å². The first-order chi connectivity index (χ1) is 15.4. The lowest BCUT2D eigenvalue weighted by atomic mass is 10.0. The Hall–Kier alpha value is -2.82. The van der Waals surface area contributed by atoms with Crippen molar-refractivity contribution in [3.05, 3.63) is 58.2 Å². The predicted molar refractivity (Wildman–Crippen MR) is 117 cm³/mol. The minimum Gasteiger partial charge on any atom is -0.449 e. The molecule has 32 heavy (non-hydrogen) atoms. The molecule has 1 aromatic carbocycles. The quantitative estimate of drug-likeness (QED) is 0.368. The largest absolute Gasteiger partial charge is 0.449 e. The van der Waals surface area contributed by atoms with Gasteiger partial charge in [-0.3, -0.25) is 5.32 Å². The third kappa shape index (κ3) is 6.35. The van der Waals surface area contributed by atoms with E-state index < -0.39 is 18.8 Å². The standard InChI is InChI=1S/C21H20ClF2N3O4S/c1-2-3-7-30-21(29)27-20-26-11-16(32-20)17(28)13-9-15(12-5-4-6-14(22)8-12)18(25-10-13)31-19(23)24/h4-6,8-11,17,19,28H,2-3,7H2,1H3,(H,26,27,29). The van der Waals surface area contributed by atoms with Gasteiger partial charge in [-0.25, -0.2) is 14.8 Å². The highest BCUT2D eigenvalue weighted by molar-refractivity contribution is 7.15. The lowest BCUT2D eigenvalue weighted by molar-refractivity contribution is -0.0524. The Morgan fingerprint density at radius 3 is 2.81 bits per heavy atom. The Morgan fingerprint density at radius 1 is 1.28 bits per heavy atom. The number of carbonyl (C=O) groups excluding carboxylic acids is 1. The van der Waals surface area contributed by atoms with Crippen molar-refractivity contribution in [3.8, 4) is 17.0 Å². The van der Waals surface area contributed by atoms with Gasteiger partial charge in [-0.1, -0.05) is 48.4 Å². The highest BCUT2D eigenvalue weighted by Crippen LogP contribution is 2.35. The zero-order valence-corrected chi connectivity index (χ0v) is 18.5. The number of rotatable bonds is 9. The minimum atomic E-state index is -3.07. The summed E-state index contributed by atoms with van der Waals surface area (Å²) >= 11 is 7.07. The van der Waals surface area contributed by atoms with Crippen molar-refractivity contribution >= 4 is 34.2 Å². The first-order valence-corrected chi connectivity index (χ1v) is 10.8. The van der Waals surface area contributed by atoms with E-state index >= 15 is 0 Å². The normalized spacial score (nSPS) is 11.9. The number of anilines is 1. The van der Waals surface area contributed by atoms with Crippen LogP contribution in [0.1, 0.15) is 36.3 Å². The van der Waals surface area contributed by atoms with Crippen LogP contribution in [0.5, 0.6) is 5.88 Å². The van der Waals surface area contributed by atoms with E-state index in [1.165, 1.54) is 18.5 Å². The Morgan fingerprint density at radius 2 is 2.09 bits per heavy atom. The maximum Gasteiger partial charge on any atom is 0.413 e. The number of pyridine rings is 1. The molecule has 2 N–H and O–H groups in total. The molecule has 3 rings (SSSR count). The molecule has 11 heteroatoms. The van der Waals surface area contributed by atoms with Gasteiger partial charge in [0.05, 0.1) is 11.5 Å². The van der Waals surface area contributed by atoms with Crippen molar-refractivity contribution in [3.63, 3.8) is 0 Å². The fourth-order valence-corrected chi connectivity index (χ4v) is 3.73. The summed E-state index contributed by atoms with van der Waals surface area (Å²) in [5.41, 5.74) is 1.06. The van der Waals surface area contributed by atoms with Crippen molar-refractivity contribution in [2.24, 2.45) is 0 Å². The zero-order valence-electron chi connectivity index (χ0n) is 16.9. The lowest BCUT2D eigenvalue weighted by Crippen LogP contribution is -2.13. The molecular formula is C21H20ClF2N3O4S. The number of benzene rings is 1. The van der Waals surface area contributed by atoms with Crippen LogP contribution < -0.4 is 10.1 Å². The second-order valence-corrected chi connectivity index (χ2v) is 8.09. The van der Waals surface area contributed by atoms with E-state index in [0.717, 1.165) is 24.2 Å². The third-order valence-corrected chi connectivity index (χ3v) is 5.46. The van der Waals surface area contributed by atoms with Crippen molar-refractivity contribution in [1.82, 2.24) is 9.97 Å². The molecule has 0 fully saturated rings. The molecule has 1 amide bonds. The second kappa shape index (κ2) is 11.2. The van der Waals surface area contributed by atoms with Crippen LogP contribution in [0.3, 0.4) is 0 Å². The fourth-order valence-electron chi connectivity index (χ4n) is 2.73. The molecule has 2 heterocycles. The summed E-state index contributed by atoms with van der Waals surface area (Å²) in [6.07, 6.45) is 2.50. The Bertz CT molecular complexity index is 1070. The molecule has 2 aromatic heterocycles. The van der Waals surface area contributed by atoms with E-state index in [2.05, 4.69) is 20.0 Å². The molecule has 0 saturated carbocycles. The number of hydrogen-bond donors (Lipinski definition) is 2. The summed E-state index contributed by atoms with van der Waals surface area (Å²) in [5.74, 6) is -0.292. The summed E-state index contributed by atoms with van der Waals surface area (Å²) < 4.78 is 35.2. The SMILES string of the molecule is CCCCOC(=O)Nc1ncc(C(O)c2cnc(OC(F)F)c(-c3cccc(Cl)c3)c2)s1. The van der Waals surface area contributed by atoms with Crippen LogP contribution >= 0.6 is 22.9 Å². The van der Waals surface area contributed by atoms with E-state index in [0.29, 0.717) is 27.6 Å². The van der Waals surface area contributed by atoms with Crippen molar-refractivity contribution in [2.75, 3.05) is 11.9 Å². The molecule has 0 aliphatic rings. The number of aromatic nitrogens is 2. The number of hydrogen-bond acceptors (Lipinski definition) is 7. The first kappa shape index (κ1) is 23.8. The maximum absolute atomic E-state index is 12.8. The van der Waals surface area contributed by atoms with Crippen molar-refractivity contribution in [2.45, 2.75) is 32.5 Å². The Kier molecular flexibility index (Phi) is 8.32. The number of unbranched alkanes of at least 4 members (excludes halogenated alkanes) is 1. The van der Waals surface area contributed by atoms with Gasteiger partial charge in [-0.2, -0.15) is 8.78 Å². The molecular weight excluding hydrogens is 464 g/mol. The number of ether oxygens (including phenoxy) is 2. The number of nitrogens with zero attached hydrogens (tertiary/aromatic N) is 2. The van der Waals surface area contributed by atoms with Crippen LogP contribution in [0.15, 0.2) is 42.7 Å². The number of carbonyl (C=O) groups is 1. The van der Waals surface area contributed by atoms with Gasteiger partial charge in [0, 0.05) is 28.5 Å². The Balaban J connectivity index is 1.82. The second-order valence-electron chi connectivity index (χ2n) is 6.60. The number of aliphatic hydroxyl groups is 1. The fraction of sp³-hybridized carbons (Fsp3) is 0.286. The molecule has 7 nitrogen and oxygen atoms in total. The van der Waals surface area contributed by atoms with Gasteiger partial charge in [0.1, 0.15) is 6.10 Å². The van der Waals surface area contributed by atoms with E-state index in [1.54, 1.807) is 24.3 Å². The van der Waals surface area contributed by atoms with E-state index in [9.17, 15) is 18.7 Å². The number of halogens is 3. The summed E-state index contributed by atoms with van der Waals surface area (Å²) in [5, 5.41) is 13.9. The van der Waals surface area contributed by atoms with Gasteiger partial charge in [-0.15, -0.1) is 0 Å². The highest BCUT2D eigenvalue weighted by atomic mass is 35.5. The van der Waals surface area contributed by atoms with Gasteiger partial charge >= 0.3 is 12.7 Å². The molecule has 0 aliphatic heterocycles. The summed E-state index contributed by atoms with van der Waals surface area (Å²) in [4.78, 5) is 20.2. The van der Waals surface area contributed by atoms with E-state index in [-0.39, 0.29) is 16.6 Å². The number of thiazole rings is 1. The molecule has 0 bridgehead atoms. The number of aliphatic hydroxyl groups excluding tert-OH is 1. The van der Waals surface area contributed by atoms with Crippen molar-refractivity contribution in [1.29, 1.82) is 0 Å². The first-order valence-electron chi connectivity index (χ1n) is 9.65. The summed E-state index contributed by atoms with van der Waals surface area (Å²) in [6, 6.07) is 8.03. The van der Waals surface area contributed by atoms with Crippen molar-refractivity contribution < 1.29 is 28.2 Å². The maximum atomic E-state index is 12.8. The van der Waals surface area contributed by atoms with Crippen LogP contribution in [-0.2, 0) is 4.74 Å². The lowest BCUT2D eigenvalue weighted by Gasteiger charge is -2.14. The molecule has 3 aromatic rings.